The van der Waals surface area contributed by atoms with Crippen molar-refractivity contribution in [3.63, 3.8) is 0 Å². The van der Waals surface area contributed by atoms with Crippen LogP contribution in [0.5, 0.6) is 0 Å². The van der Waals surface area contributed by atoms with Crippen LogP contribution >= 0.6 is 8.73 Å². The van der Waals surface area contributed by atoms with E-state index in [4.69, 9.17) is 0 Å². The Bertz CT molecular complexity index is 521. The molecule has 0 amide bonds. The molecule has 0 aliphatic carbocycles. The van der Waals surface area contributed by atoms with Gasteiger partial charge in [-0.3, -0.25) is 0 Å². The molecule has 0 saturated carbocycles. The number of hydrogen-bond donors (Lipinski definition) is 0. The molecule has 1 aliphatic heterocycles. The van der Waals surface area contributed by atoms with E-state index in [2.05, 4.69) is 89.0 Å². The lowest BCUT2D eigenvalue weighted by atomic mass is 10.1. The van der Waals surface area contributed by atoms with Crippen LogP contribution in [0.15, 0.2) is 24.3 Å². The van der Waals surface area contributed by atoms with E-state index >= 15 is 0 Å². The SMILES string of the molecule is CC(C)(C)N1PC([Si](C)(C)C)([Si](C)(C)C)c2ccccc21. The molecule has 1 aliphatic rings. The monoisotopic (exact) mass is 337 g/mol. The van der Waals surface area contributed by atoms with Crippen molar-refractivity contribution in [2.24, 2.45) is 0 Å². The molecular formula is C17H32NPSi2. The fraction of sp³-hybridized carbons (Fsp3) is 0.647. The standard InChI is InChI=1S/C17H32NPSi2/c1-16(2,3)18-15-13-11-10-12-14(15)17(19-18,20(4,5)6)21(7,8)9/h10-13,19H,1-9H3. The Morgan fingerprint density at radius 1 is 0.905 bits per heavy atom. The van der Waals surface area contributed by atoms with Crippen LogP contribution in [0.1, 0.15) is 26.3 Å². The van der Waals surface area contributed by atoms with Gasteiger partial charge in [0.15, 0.2) is 0 Å². The maximum atomic E-state index is 2.71. The highest BCUT2D eigenvalue weighted by atomic mass is 31.1. The van der Waals surface area contributed by atoms with E-state index in [1.807, 2.05) is 0 Å². The first kappa shape index (κ1) is 17.2. The quantitative estimate of drug-likeness (QED) is 0.483. The molecule has 0 radical (unpaired) electrons. The second kappa shape index (κ2) is 4.94. The van der Waals surface area contributed by atoms with E-state index < -0.39 is 16.1 Å². The fourth-order valence-electron chi connectivity index (χ4n) is 4.07. The molecule has 1 atom stereocenters. The number of fused-ring (bicyclic) bond motifs is 1. The van der Waals surface area contributed by atoms with Crippen molar-refractivity contribution in [2.45, 2.75) is 70.0 Å². The molecule has 1 aromatic carbocycles. The van der Waals surface area contributed by atoms with E-state index in [0.29, 0.717) is 4.40 Å². The number of benzene rings is 1. The first-order valence-corrected chi connectivity index (χ1v) is 15.9. The van der Waals surface area contributed by atoms with Gasteiger partial charge in [-0.1, -0.05) is 57.5 Å². The van der Waals surface area contributed by atoms with Crippen molar-refractivity contribution in [3.05, 3.63) is 29.8 Å². The van der Waals surface area contributed by atoms with E-state index in [0.717, 1.165) is 8.73 Å². The van der Waals surface area contributed by atoms with Gasteiger partial charge < -0.3 is 4.67 Å². The predicted octanol–water partition coefficient (Wildman–Crippen LogP) is 5.85. The second-order valence-corrected chi connectivity index (χ2v) is 22.8. The smallest absolute Gasteiger partial charge is 0.0596 e. The third-order valence-corrected chi connectivity index (χ3v) is 21.2. The molecule has 1 aromatic rings. The summed E-state index contributed by atoms with van der Waals surface area (Å²) in [4.78, 5) is 0. The lowest BCUT2D eigenvalue weighted by molar-refractivity contribution is 0.589. The number of nitrogens with zero attached hydrogens (tertiary/aromatic N) is 1. The van der Waals surface area contributed by atoms with Gasteiger partial charge in [0.1, 0.15) is 0 Å². The van der Waals surface area contributed by atoms with Crippen LogP contribution in [0, 0.1) is 0 Å². The molecule has 2 rings (SSSR count). The van der Waals surface area contributed by atoms with Crippen LogP contribution < -0.4 is 4.67 Å². The summed E-state index contributed by atoms with van der Waals surface area (Å²) < 4.78 is 3.17. The molecule has 0 fully saturated rings. The molecular weight excluding hydrogens is 305 g/mol. The fourth-order valence-corrected chi connectivity index (χ4v) is 19.8. The van der Waals surface area contributed by atoms with Crippen molar-refractivity contribution in [2.75, 3.05) is 4.67 Å². The highest BCUT2D eigenvalue weighted by Crippen LogP contribution is 2.65. The molecule has 21 heavy (non-hydrogen) atoms. The van der Waals surface area contributed by atoms with Crippen LogP contribution in [0.25, 0.3) is 0 Å². The number of rotatable bonds is 2. The third-order valence-electron chi connectivity index (χ3n) is 4.75. The van der Waals surface area contributed by atoms with Gasteiger partial charge in [0.05, 0.1) is 16.1 Å². The van der Waals surface area contributed by atoms with E-state index in [1.165, 1.54) is 5.69 Å². The van der Waals surface area contributed by atoms with Crippen LogP contribution in [-0.2, 0) is 4.40 Å². The van der Waals surface area contributed by atoms with Gasteiger partial charge in [0.25, 0.3) is 0 Å². The van der Waals surface area contributed by atoms with E-state index in [9.17, 15) is 0 Å². The molecule has 1 heterocycles. The van der Waals surface area contributed by atoms with Crippen molar-refractivity contribution in [1.82, 2.24) is 0 Å². The first-order chi connectivity index (χ1) is 9.32. The average molecular weight is 338 g/mol. The van der Waals surface area contributed by atoms with Gasteiger partial charge in [-0.2, -0.15) is 0 Å². The predicted molar refractivity (Wildman–Crippen MR) is 105 cm³/mol. The summed E-state index contributed by atoms with van der Waals surface area (Å²) in [7, 11) is -1.79. The van der Waals surface area contributed by atoms with Crippen LogP contribution in [0.3, 0.4) is 0 Å². The number of anilines is 1. The Kier molecular flexibility index (Phi) is 4.06. The van der Waals surface area contributed by atoms with Gasteiger partial charge in [-0.15, -0.1) is 0 Å². The van der Waals surface area contributed by atoms with E-state index in [1.54, 1.807) is 5.56 Å². The molecule has 0 aromatic heterocycles. The summed E-state index contributed by atoms with van der Waals surface area (Å²) >= 11 is 0. The van der Waals surface area contributed by atoms with Gasteiger partial charge >= 0.3 is 0 Å². The summed E-state index contributed by atoms with van der Waals surface area (Å²) in [5.41, 5.74) is 3.38. The first-order valence-electron chi connectivity index (χ1n) is 8.00. The molecule has 1 nitrogen and oxygen atoms in total. The largest absolute Gasteiger partial charge is 0.347 e. The Labute approximate surface area is 135 Å². The molecule has 0 N–H and O–H groups in total. The minimum atomic E-state index is -1.35. The van der Waals surface area contributed by atoms with E-state index in [-0.39, 0.29) is 5.54 Å². The molecule has 0 bridgehead atoms. The van der Waals surface area contributed by atoms with Gasteiger partial charge in [0, 0.05) is 15.6 Å². The molecule has 1 unspecified atom stereocenters. The highest BCUT2D eigenvalue weighted by molar-refractivity contribution is 7.52. The summed E-state index contributed by atoms with van der Waals surface area (Å²) in [6.45, 7) is 22.6. The zero-order valence-electron chi connectivity index (χ0n) is 15.3. The van der Waals surface area contributed by atoms with Crippen molar-refractivity contribution < 1.29 is 0 Å². The maximum absolute atomic E-state index is 2.71. The zero-order chi connectivity index (χ0) is 16.3. The van der Waals surface area contributed by atoms with Crippen molar-refractivity contribution in [3.8, 4) is 0 Å². The Morgan fingerprint density at radius 2 is 1.38 bits per heavy atom. The summed E-state index contributed by atoms with van der Waals surface area (Å²) in [6, 6.07) is 9.26. The molecule has 0 spiro atoms. The lowest BCUT2D eigenvalue weighted by Crippen LogP contribution is -2.60. The summed E-state index contributed by atoms with van der Waals surface area (Å²) in [5.74, 6) is 0. The lowest BCUT2D eigenvalue weighted by Gasteiger charge is -2.50. The minimum Gasteiger partial charge on any atom is -0.347 e. The summed E-state index contributed by atoms with van der Waals surface area (Å²) in [5, 5.41) is 0. The Hall–Kier alpha value is -0.116. The minimum absolute atomic E-state index is 0.204. The third kappa shape index (κ3) is 2.56. The van der Waals surface area contributed by atoms with Crippen LogP contribution in [0.2, 0.25) is 39.3 Å². The normalized spacial score (nSPS) is 20.0. The molecule has 118 valence electrons. The number of para-hydroxylation sites is 1. The zero-order valence-corrected chi connectivity index (χ0v) is 18.3. The average Bonchev–Trinajstić information content (AvgIpc) is 2.63. The Balaban J connectivity index is 2.77. The van der Waals surface area contributed by atoms with Gasteiger partial charge in [-0.25, -0.2) is 0 Å². The Morgan fingerprint density at radius 3 is 1.81 bits per heavy atom. The molecule has 4 heteroatoms. The van der Waals surface area contributed by atoms with Crippen LogP contribution in [0.4, 0.5) is 5.69 Å². The van der Waals surface area contributed by atoms with Crippen molar-refractivity contribution in [1.29, 1.82) is 0 Å². The molecule has 0 saturated heterocycles. The number of hydrogen-bond acceptors (Lipinski definition) is 1. The second-order valence-electron chi connectivity index (χ2n) is 9.39. The summed E-state index contributed by atoms with van der Waals surface area (Å²) in [6.07, 6.45) is 0. The topological polar surface area (TPSA) is 3.24 Å². The maximum Gasteiger partial charge on any atom is 0.0596 e. The van der Waals surface area contributed by atoms with Crippen molar-refractivity contribution >= 4 is 30.6 Å². The van der Waals surface area contributed by atoms with Crippen LogP contribution in [-0.4, -0.2) is 21.7 Å². The van der Waals surface area contributed by atoms with Gasteiger partial charge in [-0.05, 0) is 41.1 Å². The highest BCUT2D eigenvalue weighted by Gasteiger charge is 2.59. The van der Waals surface area contributed by atoms with Gasteiger partial charge in [0.2, 0.25) is 0 Å².